The van der Waals surface area contributed by atoms with E-state index in [1.165, 1.54) is 17.0 Å². The van der Waals surface area contributed by atoms with Crippen LogP contribution in [0.25, 0.3) is 11.3 Å². The lowest BCUT2D eigenvalue weighted by Gasteiger charge is -2.19. The first-order valence-electron chi connectivity index (χ1n) is 12.4. The van der Waals surface area contributed by atoms with Gasteiger partial charge < -0.3 is 24.4 Å². The summed E-state index contributed by atoms with van der Waals surface area (Å²) in [5, 5.41) is 0. The molecule has 3 heterocycles. The number of nitrogens with zero attached hydrogens (tertiary/aromatic N) is 2. The molecule has 1 aliphatic rings. The number of carbonyl (C=O) groups excluding carboxylic acids is 2. The molecule has 39 heavy (non-hydrogen) atoms. The van der Waals surface area contributed by atoms with Crippen molar-refractivity contribution >= 4 is 17.8 Å². The van der Waals surface area contributed by atoms with Crippen molar-refractivity contribution in [3.8, 4) is 11.3 Å². The summed E-state index contributed by atoms with van der Waals surface area (Å²) in [6.45, 7) is 3.63. The Balaban J connectivity index is 1.39. The minimum absolute atomic E-state index is 0.00937. The molecule has 1 fully saturated rings. The molecule has 10 heteroatoms. The van der Waals surface area contributed by atoms with Gasteiger partial charge in [-0.15, -0.1) is 0 Å². The maximum Gasteiger partial charge on any atom is 0.351 e. The van der Waals surface area contributed by atoms with Gasteiger partial charge in [0.1, 0.15) is 36.6 Å². The van der Waals surface area contributed by atoms with Crippen LogP contribution in [0.5, 0.6) is 0 Å². The number of nitrogens with two attached hydrogens (primary N) is 1. The minimum Gasteiger partial charge on any atom is -0.464 e. The molecule has 2 aromatic heterocycles. The highest BCUT2D eigenvalue weighted by atomic mass is 16.6. The molecule has 4 aromatic rings. The van der Waals surface area contributed by atoms with Crippen molar-refractivity contribution < 1.29 is 28.2 Å². The van der Waals surface area contributed by atoms with E-state index in [1.807, 2.05) is 26.0 Å². The Bertz CT molecular complexity index is 1530. The average Bonchev–Trinajstić information content (AvgIpc) is 3.59. The van der Waals surface area contributed by atoms with E-state index in [0.717, 1.165) is 11.1 Å². The zero-order valence-corrected chi connectivity index (χ0v) is 21.4. The van der Waals surface area contributed by atoms with Gasteiger partial charge >= 0.3 is 17.6 Å². The standard InChI is InChI=1S/C29H27N3O7/c1-17-5-9-19(10-6-17)27(33)37-16-24-23(39-28(34)20-11-7-18(2)8-12-20)14-25(38-24)32-15-21(22-4-3-13-36-22)26(30)31-29(32)35/h3-13,15,23-25H,14,16H2,1-2H3,(H2,30,31,35)/t23-,24+,25+/m1/s1. The van der Waals surface area contributed by atoms with Gasteiger partial charge in [-0.25, -0.2) is 14.4 Å². The summed E-state index contributed by atoms with van der Waals surface area (Å²) in [5.74, 6) is -0.664. The topological polar surface area (TPSA) is 136 Å². The van der Waals surface area contributed by atoms with Gasteiger partial charge in [0.05, 0.1) is 23.0 Å². The number of rotatable bonds is 7. The zero-order valence-electron chi connectivity index (χ0n) is 21.4. The molecule has 2 N–H and O–H groups in total. The molecule has 200 valence electrons. The second-order valence-electron chi connectivity index (χ2n) is 9.35. The van der Waals surface area contributed by atoms with Crippen molar-refractivity contribution in [3.05, 3.63) is 106 Å². The van der Waals surface area contributed by atoms with Crippen LogP contribution in [-0.4, -0.2) is 40.3 Å². The predicted octanol–water partition coefficient (Wildman–Crippen LogP) is 4.07. The van der Waals surface area contributed by atoms with Gasteiger partial charge in [0.25, 0.3) is 0 Å². The van der Waals surface area contributed by atoms with E-state index in [1.54, 1.807) is 48.5 Å². The molecule has 10 nitrogen and oxygen atoms in total. The Kier molecular flexibility index (Phi) is 7.29. The highest BCUT2D eigenvalue weighted by Gasteiger charge is 2.40. The van der Waals surface area contributed by atoms with Crippen molar-refractivity contribution in [3.63, 3.8) is 0 Å². The molecule has 0 unspecified atom stereocenters. The van der Waals surface area contributed by atoms with Crippen LogP contribution >= 0.6 is 0 Å². The number of anilines is 1. The molecule has 0 spiro atoms. The molecular formula is C29H27N3O7. The van der Waals surface area contributed by atoms with Gasteiger partial charge in [0, 0.05) is 12.6 Å². The smallest absolute Gasteiger partial charge is 0.351 e. The molecule has 5 rings (SSSR count). The van der Waals surface area contributed by atoms with Gasteiger partial charge in [0.15, 0.2) is 0 Å². The lowest BCUT2D eigenvalue weighted by atomic mass is 10.1. The highest BCUT2D eigenvalue weighted by Crippen LogP contribution is 2.33. The van der Waals surface area contributed by atoms with Crippen LogP contribution in [0.3, 0.4) is 0 Å². The number of ether oxygens (including phenoxy) is 3. The summed E-state index contributed by atoms with van der Waals surface area (Å²) in [5.41, 5.74) is 8.49. The summed E-state index contributed by atoms with van der Waals surface area (Å²) in [7, 11) is 0. The SMILES string of the molecule is Cc1ccc(C(=O)OC[C@@H]2O[C@H](n3cc(-c4ccco4)c(N)nc3=O)C[C@H]2OC(=O)c2ccc(C)cc2)cc1. The van der Waals surface area contributed by atoms with Gasteiger partial charge in [0.2, 0.25) is 0 Å². The fourth-order valence-corrected chi connectivity index (χ4v) is 4.28. The lowest BCUT2D eigenvalue weighted by molar-refractivity contribution is -0.0581. The van der Waals surface area contributed by atoms with Crippen LogP contribution in [0, 0.1) is 13.8 Å². The fourth-order valence-electron chi connectivity index (χ4n) is 4.28. The molecule has 0 radical (unpaired) electrons. The van der Waals surface area contributed by atoms with E-state index in [4.69, 9.17) is 24.4 Å². The van der Waals surface area contributed by atoms with E-state index >= 15 is 0 Å². The quantitative estimate of drug-likeness (QED) is 0.351. The van der Waals surface area contributed by atoms with Crippen LogP contribution in [-0.2, 0) is 14.2 Å². The third-order valence-corrected chi connectivity index (χ3v) is 6.47. The predicted molar refractivity (Wildman–Crippen MR) is 141 cm³/mol. The zero-order chi connectivity index (χ0) is 27.5. The average molecular weight is 530 g/mol. The van der Waals surface area contributed by atoms with Gasteiger partial charge in [-0.05, 0) is 50.2 Å². The molecule has 1 saturated heterocycles. The second-order valence-corrected chi connectivity index (χ2v) is 9.35. The number of aryl methyl sites for hydroxylation is 2. The van der Waals surface area contributed by atoms with Crippen molar-refractivity contribution in [2.75, 3.05) is 12.3 Å². The Morgan fingerprint density at radius 2 is 1.64 bits per heavy atom. The van der Waals surface area contributed by atoms with Crippen molar-refractivity contribution in [1.29, 1.82) is 0 Å². The van der Waals surface area contributed by atoms with Crippen molar-refractivity contribution in [1.82, 2.24) is 9.55 Å². The Morgan fingerprint density at radius 1 is 1.00 bits per heavy atom. The third kappa shape index (κ3) is 5.75. The second kappa shape index (κ2) is 11.0. The maximum absolute atomic E-state index is 12.9. The number of aromatic nitrogens is 2. The van der Waals surface area contributed by atoms with Crippen molar-refractivity contribution in [2.24, 2.45) is 0 Å². The molecule has 1 aliphatic heterocycles. The van der Waals surface area contributed by atoms with E-state index in [9.17, 15) is 14.4 Å². The first-order valence-corrected chi connectivity index (χ1v) is 12.4. The van der Waals surface area contributed by atoms with Gasteiger partial charge in [-0.2, -0.15) is 4.98 Å². The number of hydrogen-bond acceptors (Lipinski definition) is 9. The number of benzene rings is 2. The van der Waals surface area contributed by atoms with Gasteiger partial charge in [-0.3, -0.25) is 4.57 Å². The van der Waals surface area contributed by atoms with Crippen LogP contribution in [0.4, 0.5) is 5.82 Å². The molecular weight excluding hydrogens is 502 g/mol. The molecule has 0 amide bonds. The summed E-state index contributed by atoms with van der Waals surface area (Å²) in [4.78, 5) is 42.3. The van der Waals surface area contributed by atoms with Crippen LogP contribution < -0.4 is 11.4 Å². The lowest BCUT2D eigenvalue weighted by Crippen LogP contribution is -2.32. The number of carbonyl (C=O) groups is 2. The monoisotopic (exact) mass is 529 g/mol. The van der Waals surface area contributed by atoms with Crippen molar-refractivity contribution in [2.45, 2.75) is 38.7 Å². The largest absolute Gasteiger partial charge is 0.464 e. The van der Waals surface area contributed by atoms with E-state index in [2.05, 4.69) is 4.98 Å². The maximum atomic E-state index is 12.9. The summed E-state index contributed by atoms with van der Waals surface area (Å²) in [6.07, 6.45) is 0.579. The molecule has 0 saturated carbocycles. The molecule has 3 atom stereocenters. The van der Waals surface area contributed by atoms with Crippen LogP contribution in [0.15, 0.2) is 82.3 Å². The summed E-state index contributed by atoms with van der Waals surface area (Å²) < 4.78 is 24.1. The number of esters is 2. The first-order chi connectivity index (χ1) is 18.8. The van der Waals surface area contributed by atoms with Crippen LogP contribution in [0.1, 0.15) is 44.5 Å². The molecule has 2 aromatic carbocycles. The Labute approximate surface area is 223 Å². The number of nitrogen functional groups attached to an aromatic ring is 1. The fraction of sp³-hybridized carbons (Fsp3) is 0.241. The Hall–Kier alpha value is -4.70. The molecule has 0 aliphatic carbocycles. The van der Waals surface area contributed by atoms with E-state index < -0.39 is 36.1 Å². The number of furan rings is 1. The number of hydrogen-bond donors (Lipinski definition) is 1. The highest BCUT2D eigenvalue weighted by molar-refractivity contribution is 5.90. The van der Waals surface area contributed by atoms with Crippen LogP contribution in [0.2, 0.25) is 0 Å². The van der Waals surface area contributed by atoms with Gasteiger partial charge in [-0.1, -0.05) is 35.4 Å². The Morgan fingerprint density at radius 3 is 2.26 bits per heavy atom. The summed E-state index contributed by atoms with van der Waals surface area (Å²) >= 11 is 0. The normalized spacial score (nSPS) is 18.6. The van der Waals surface area contributed by atoms with E-state index in [0.29, 0.717) is 22.5 Å². The first kappa shape index (κ1) is 25.9. The third-order valence-electron chi connectivity index (χ3n) is 6.47. The van der Waals surface area contributed by atoms with E-state index in [-0.39, 0.29) is 18.8 Å². The minimum atomic E-state index is -0.863. The molecule has 0 bridgehead atoms. The summed E-state index contributed by atoms with van der Waals surface area (Å²) in [6, 6.07) is 17.3.